The van der Waals surface area contributed by atoms with E-state index >= 15 is 0 Å². The van der Waals surface area contributed by atoms with Crippen molar-refractivity contribution in [2.45, 2.75) is 25.8 Å². The number of nitrogens with zero attached hydrogens (tertiary/aromatic N) is 2. The van der Waals surface area contributed by atoms with Gasteiger partial charge in [-0.1, -0.05) is 6.07 Å². The Morgan fingerprint density at radius 2 is 2.20 bits per heavy atom. The van der Waals surface area contributed by atoms with Crippen molar-refractivity contribution in [3.8, 4) is 5.88 Å². The quantitative estimate of drug-likeness (QED) is 0.900. The molecule has 0 unspecified atom stereocenters. The molecule has 0 aliphatic carbocycles. The number of pyridine rings is 1. The van der Waals surface area contributed by atoms with Crippen LogP contribution in [0.1, 0.15) is 25.0 Å². The summed E-state index contributed by atoms with van der Waals surface area (Å²) in [6.07, 6.45) is 2.89. The first-order valence-corrected chi connectivity index (χ1v) is 7.19. The number of hydrogen-bond donors (Lipinski definition) is 1. The maximum Gasteiger partial charge on any atom is 0.223 e. The highest BCUT2D eigenvalue weighted by Crippen LogP contribution is 2.39. The van der Waals surface area contributed by atoms with Crippen molar-refractivity contribution in [2.24, 2.45) is 5.41 Å². The lowest BCUT2D eigenvalue weighted by atomic mass is 9.78. The molecule has 0 bridgehead atoms. The van der Waals surface area contributed by atoms with Crippen molar-refractivity contribution < 1.29 is 9.53 Å². The average Bonchev–Trinajstić information content (AvgIpc) is 2.75. The minimum Gasteiger partial charge on any atom is -0.481 e. The summed E-state index contributed by atoms with van der Waals surface area (Å²) in [7, 11) is 1.61. The number of piperidine rings is 1. The highest BCUT2D eigenvalue weighted by atomic mass is 16.5. The number of methoxy groups -OCH3 is 1. The van der Waals surface area contributed by atoms with Gasteiger partial charge in [0.1, 0.15) is 0 Å². The van der Waals surface area contributed by atoms with Gasteiger partial charge in [0.15, 0.2) is 0 Å². The summed E-state index contributed by atoms with van der Waals surface area (Å²) in [4.78, 5) is 18.6. The van der Waals surface area contributed by atoms with Crippen LogP contribution in [-0.2, 0) is 11.3 Å². The average molecular weight is 275 g/mol. The van der Waals surface area contributed by atoms with E-state index in [1.165, 1.54) is 0 Å². The van der Waals surface area contributed by atoms with E-state index in [4.69, 9.17) is 4.74 Å². The maximum absolute atomic E-state index is 12.3. The van der Waals surface area contributed by atoms with Crippen molar-refractivity contribution in [1.29, 1.82) is 0 Å². The van der Waals surface area contributed by atoms with Crippen molar-refractivity contribution in [1.82, 2.24) is 15.2 Å². The Balaban J connectivity index is 1.69. The molecule has 108 valence electrons. The molecule has 2 saturated heterocycles. The number of hydrogen-bond acceptors (Lipinski definition) is 4. The monoisotopic (exact) mass is 275 g/mol. The SMILES string of the molecule is COc1cccc(CN2CC3(CCNCC3)CC2=O)n1. The minimum atomic E-state index is 0.196. The van der Waals surface area contributed by atoms with Crippen LogP contribution in [-0.4, -0.2) is 42.5 Å². The summed E-state index contributed by atoms with van der Waals surface area (Å²) in [5, 5.41) is 3.37. The van der Waals surface area contributed by atoms with Crippen molar-refractivity contribution in [3.05, 3.63) is 23.9 Å². The predicted octanol–water partition coefficient (Wildman–Crippen LogP) is 1.19. The second-order valence-electron chi connectivity index (χ2n) is 5.85. The van der Waals surface area contributed by atoms with Crippen molar-refractivity contribution in [3.63, 3.8) is 0 Å². The molecule has 2 aliphatic rings. The first-order valence-electron chi connectivity index (χ1n) is 7.19. The van der Waals surface area contributed by atoms with E-state index in [0.717, 1.165) is 38.2 Å². The van der Waals surface area contributed by atoms with Gasteiger partial charge in [0.25, 0.3) is 0 Å². The molecule has 1 spiro atoms. The molecule has 1 amide bonds. The van der Waals surface area contributed by atoms with Crippen molar-refractivity contribution >= 4 is 5.91 Å². The molecule has 1 aromatic rings. The van der Waals surface area contributed by atoms with E-state index in [1.54, 1.807) is 7.11 Å². The molecule has 0 saturated carbocycles. The largest absolute Gasteiger partial charge is 0.481 e. The smallest absolute Gasteiger partial charge is 0.223 e. The van der Waals surface area contributed by atoms with Crippen LogP contribution >= 0.6 is 0 Å². The van der Waals surface area contributed by atoms with E-state index < -0.39 is 0 Å². The summed E-state index contributed by atoms with van der Waals surface area (Å²) in [5.41, 5.74) is 1.09. The third kappa shape index (κ3) is 2.63. The number of likely N-dealkylation sites (tertiary alicyclic amines) is 1. The van der Waals surface area contributed by atoms with E-state index in [2.05, 4.69) is 10.3 Å². The molecule has 0 aromatic carbocycles. The van der Waals surface area contributed by atoms with Gasteiger partial charge in [-0.2, -0.15) is 0 Å². The topological polar surface area (TPSA) is 54.5 Å². The van der Waals surface area contributed by atoms with Gasteiger partial charge in [-0.15, -0.1) is 0 Å². The standard InChI is InChI=1S/C15H21N3O2/c1-20-13-4-2-3-12(17-13)10-18-11-15(9-14(18)19)5-7-16-8-6-15/h2-4,16H,5-11H2,1H3. The lowest BCUT2D eigenvalue weighted by Crippen LogP contribution is -2.38. The van der Waals surface area contributed by atoms with E-state index in [1.807, 2.05) is 23.1 Å². The Hall–Kier alpha value is -1.62. The van der Waals surface area contributed by atoms with Gasteiger partial charge >= 0.3 is 0 Å². The lowest BCUT2D eigenvalue weighted by molar-refractivity contribution is -0.128. The fourth-order valence-electron chi connectivity index (χ4n) is 3.27. The fourth-order valence-corrected chi connectivity index (χ4v) is 3.27. The number of ether oxygens (including phenoxy) is 1. The van der Waals surface area contributed by atoms with E-state index in [0.29, 0.717) is 18.8 Å². The normalized spacial score (nSPS) is 21.4. The summed E-state index contributed by atoms with van der Waals surface area (Å²) in [6, 6.07) is 5.69. The zero-order valence-corrected chi connectivity index (χ0v) is 11.9. The number of carbonyl (C=O) groups is 1. The second kappa shape index (κ2) is 5.40. The summed E-state index contributed by atoms with van der Waals surface area (Å²) >= 11 is 0. The lowest BCUT2D eigenvalue weighted by Gasteiger charge is -2.33. The summed E-state index contributed by atoms with van der Waals surface area (Å²) < 4.78 is 5.13. The number of aromatic nitrogens is 1. The number of amides is 1. The molecule has 20 heavy (non-hydrogen) atoms. The Kier molecular flexibility index (Phi) is 3.61. The molecule has 0 radical (unpaired) electrons. The van der Waals surface area contributed by atoms with Gasteiger partial charge in [-0.25, -0.2) is 4.98 Å². The molecule has 2 aliphatic heterocycles. The van der Waals surface area contributed by atoms with Crippen LogP contribution in [0.2, 0.25) is 0 Å². The van der Waals surface area contributed by atoms with Gasteiger partial charge in [-0.05, 0) is 37.4 Å². The Labute approximate surface area is 119 Å². The van der Waals surface area contributed by atoms with Crippen LogP contribution < -0.4 is 10.1 Å². The Morgan fingerprint density at radius 1 is 1.40 bits per heavy atom. The Morgan fingerprint density at radius 3 is 2.95 bits per heavy atom. The van der Waals surface area contributed by atoms with Gasteiger partial charge in [0, 0.05) is 19.0 Å². The minimum absolute atomic E-state index is 0.196. The predicted molar refractivity (Wildman–Crippen MR) is 75.4 cm³/mol. The zero-order valence-electron chi connectivity index (χ0n) is 11.9. The molecule has 3 heterocycles. The first-order chi connectivity index (χ1) is 9.71. The highest BCUT2D eigenvalue weighted by Gasteiger charge is 2.43. The van der Waals surface area contributed by atoms with Crippen LogP contribution in [0.5, 0.6) is 5.88 Å². The van der Waals surface area contributed by atoms with Crippen molar-refractivity contribution in [2.75, 3.05) is 26.7 Å². The zero-order chi connectivity index (χ0) is 14.0. The number of nitrogens with one attached hydrogen (secondary N) is 1. The molecular formula is C15H21N3O2. The van der Waals surface area contributed by atoms with Crippen LogP contribution in [0.4, 0.5) is 0 Å². The number of carbonyl (C=O) groups excluding carboxylic acids is 1. The summed E-state index contributed by atoms with van der Waals surface area (Å²) in [5.74, 6) is 0.863. The molecule has 5 nitrogen and oxygen atoms in total. The van der Waals surface area contributed by atoms with Crippen LogP contribution in [0, 0.1) is 5.41 Å². The molecular weight excluding hydrogens is 254 g/mol. The van der Waals surface area contributed by atoms with Gasteiger partial charge in [-0.3, -0.25) is 4.79 Å². The third-order valence-corrected chi connectivity index (χ3v) is 4.41. The highest BCUT2D eigenvalue weighted by molar-refractivity contribution is 5.79. The van der Waals surface area contributed by atoms with Gasteiger partial charge < -0.3 is 15.0 Å². The molecule has 3 rings (SSSR count). The fraction of sp³-hybridized carbons (Fsp3) is 0.600. The van der Waals surface area contributed by atoms with Gasteiger partial charge in [0.05, 0.1) is 19.3 Å². The summed E-state index contributed by atoms with van der Waals surface area (Å²) in [6.45, 7) is 3.51. The van der Waals surface area contributed by atoms with E-state index in [9.17, 15) is 4.79 Å². The Bertz CT molecular complexity index is 498. The molecule has 0 atom stereocenters. The van der Waals surface area contributed by atoms with Crippen LogP contribution in [0.25, 0.3) is 0 Å². The van der Waals surface area contributed by atoms with E-state index in [-0.39, 0.29) is 11.3 Å². The van der Waals surface area contributed by atoms with Crippen LogP contribution in [0.3, 0.4) is 0 Å². The molecule has 5 heteroatoms. The number of rotatable bonds is 3. The van der Waals surface area contributed by atoms with Crippen LogP contribution in [0.15, 0.2) is 18.2 Å². The molecule has 1 aromatic heterocycles. The third-order valence-electron chi connectivity index (χ3n) is 4.41. The molecule has 2 fully saturated rings. The first kappa shape index (κ1) is 13.4. The maximum atomic E-state index is 12.3. The van der Waals surface area contributed by atoms with Gasteiger partial charge in [0.2, 0.25) is 11.8 Å². The second-order valence-corrected chi connectivity index (χ2v) is 5.85. The molecule has 1 N–H and O–H groups in total.